The Balaban J connectivity index is 2.81. The van der Waals surface area contributed by atoms with Gasteiger partial charge in [-0.25, -0.2) is 0 Å². The molecule has 2 atom stereocenters. The van der Waals surface area contributed by atoms with Gasteiger partial charge in [-0.2, -0.15) is 0 Å². The monoisotopic (exact) mass is 144 g/mol. The van der Waals surface area contributed by atoms with E-state index in [0.29, 0.717) is 0 Å². The summed E-state index contributed by atoms with van der Waals surface area (Å²) in [5.41, 5.74) is -0.698. The molecule has 0 aromatic heterocycles. The Morgan fingerprint density at radius 2 is 2.10 bits per heavy atom. The number of esters is 1. The van der Waals surface area contributed by atoms with Crippen LogP contribution >= 0.6 is 0 Å². The third-order valence-electron chi connectivity index (χ3n) is 1.92. The molecule has 3 heteroatoms. The second-order valence-electron chi connectivity index (χ2n) is 3.26. The minimum absolute atomic E-state index is 0.308. The van der Waals surface area contributed by atoms with Crippen LogP contribution in [0.3, 0.4) is 0 Å². The molecule has 1 aliphatic rings. The molecule has 0 bridgehead atoms. The second-order valence-corrected chi connectivity index (χ2v) is 3.26. The van der Waals surface area contributed by atoms with Crippen LogP contribution in [-0.4, -0.2) is 22.8 Å². The van der Waals surface area contributed by atoms with Crippen molar-refractivity contribution >= 4 is 5.97 Å². The fourth-order valence-electron chi connectivity index (χ4n) is 1.14. The van der Waals surface area contributed by atoms with Crippen LogP contribution in [0.4, 0.5) is 0 Å². The van der Waals surface area contributed by atoms with Gasteiger partial charge in [-0.3, -0.25) is 4.79 Å². The van der Waals surface area contributed by atoms with E-state index in [4.69, 9.17) is 4.74 Å². The minimum Gasteiger partial charge on any atom is -0.457 e. The number of aliphatic hydroxyl groups is 1. The average molecular weight is 144 g/mol. The normalized spacial score (nSPS) is 37.8. The molecule has 0 amide bonds. The van der Waals surface area contributed by atoms with Crippen LogP contribution in [0.5, 0.6) is 0 Å². The van der Waals surface area contributed by atoms with Gasteiger partial charge in [0.1, 0.15) is 11.7 Å². The molecular formula is C7H12O3. The maximum Gasteiger partial charge on any atom is 0.312 e. The molecule has 1 fully saturated rings. The highest BCUT2D eigenvalue weighted by Gasteiger charge is 2.46. The van der Waals surface area contributed by atoms with Crippen molar-refractivity contribution < 1.29 is 14.6 Å². The van der Waals surface area contributed by atoms with Gasteiger partial charge in [-0.1, -0.05) is 0 Å². The zero-order valence-corrected chi connectivity index (χ0v) is 6.42. The van der Waals surface area contributed by atoms with E-state index in [2.05, 4.69) is 0 Å². The van der Waals surface area contributed by atoms with E-state index in [1.165, 1.54) is 0 Å². The largest absolute Gasteiger partial charge is 0.457 e. The molecule has 1 rings (SSSR count). The first-order valence-electron chi connectivity index (χ1n) is 3.36. The van der Waals surface area contributed by atoms with Crippen LogP contribution in [0, 0.1) is 5.92 Å². The molecule has 10 heavy (non-hydrogen) atoms. The maximum atomic E-state index is 10.8. The van der Waals surface area contributed by atoms with Gasteiger partial charge >= 0.3 is 5.97 Å². The minimum atomic E-state index is -0.698. The summed E-state index contributed by atoms with van der Waals surface area (Å²) in [5, 5.41) is 9.35. The van der Waals surface area contributed by atoms with Gasteiger partial charge in [0, 0.05) is 0 Å². The summed E-state index contributed by atoms with van der Waals surface area (Å²) in [6.45, 7) is 5.08. The number of aliphatic hydroxyl groups excluding tert-OH is 1. The van der Waals surface area contributed by atoms with Crippen molar-refractivity contribution in [1.82, 2.24) is 0 Å². The van der Waals surface area contributed by atoms with Crippen LogP contribution < -0.4 is 0 Å². The third kappa shape index (κ3) is 0.904. The average Bonchev–Trinajstić information content (AvgIpc) is 1.95. The Morgan fingerprint density at radius 3 is 2.20 bits per heavy atom. The van der Waals surface area contributed by atoms with E-state index in [-0.39, 0.29) is 11.9 Å². The summed E-state index contributed by atoms with van der Waals surface area (Å²) in [6, 6.07) is 0. The molecule has 2 unspecified atom stereocenters. The highest BCUT2D eigenvalue weighted by Crippen LogP contribution is 2.30. The van der Waals surface area contributed by atoms with Gasteiger partial charge in [0.15, 0.2) is 0 Å². The van der Waals surface area contributed by atoms with E-state index in [9.17, 15) is 9.90 Å². The summed E-state index contributed by atoms with van der Waals surface area (Å²) in [6.07, 6.45) is -0.667. The number of hydrogen-bond donors (Lipinski definition) is 1. The summed E-state index contributed by atoms with van der Waals surface area (Å²) < 4.78 is 4.88. The first kappa shape index (κ1) is 7.54. The molecule has 1 heterocycles. The first-order chi connectivity index (χ1) is 4.45. The quantitative estimate of drug-likeness (QED) is 0.498. The van der Waals surface area contributed by atoms with E-state index in [1.807, 2.05) is 0 Å². The number of carbonyl (C=O) groups excluding carboxylic acids is 1. The smallest absolute Gasteiger partial charge is 0.312 e. The van der Waals surface area contributed by atoms with Gasteiger partial charge in [0.2, 0.25) is 0 Å². The molecule has 0 saturated carbocycles. The fourth-order valence-corrected chi connectivity index (χ4v) is 1.14. The Bertz CT molecular complexity index is 162. The molecule has 1 N–H and O–H groups in total. The number of hydrogen-bond acceptors (Lipinski definition) is 3. The molecule has 58 valence electrons. The van der Waals surface area contributed by atoms with Gasteiger partial charge in [-0.15, -0.1) is 0 Å². The van der Waals surface area contributed by atoms with Crippen LogP contribution in [0.15, 0.2) is 0 Å². The number of rotatable bonds is 0. The van der Waals surface area contributed by atoms with Crippen LogP contribution in [0.25, 0.3) is 0 Å². The number of carbonyl (C=O) groups is 1. The summed E-state index contributed by atoms with van der Waals surface area (Å²) in [7, 11) is 0. The van der Waals surface area contributed by atoms with Crippen molar-refractivity contribution in [2.75, 3.05) is 0 Å². The molecule has 1 aliphatic heterocycles. The van der Waals surface area contributed by atoms with Crippen LogP contribution in [0.1, 0.15) is 20.8 Å². The molecule has 0 aromatic rings. The van der Waals surface area contributed by atoms with Crippen molar-refractivity contribution in [3.8, 4) is 0 Å². The highest BCUT2D eigenvalue weighted by molar-refractivity contribution is 5.75. The molecule has 0 aromatic carbocycles. The first-order valence-corrected chi connectivity index (χ1v) is 3.36. The predicted octanol–water partition coefficient (Wildman–Crippen LogP) is 0.319. The molecule has 0 radical (unpaired) electrons. The van der Waals surface area contributed by atoms with E-state index in [1.54, 1.807) is 20.8 Å². The molecule has 0 aliphatic carbocycles. The van der Waals surface area contributed by atoms with Crippen LogP contribution in [0.2, 0.25) is 0 Å². The fraction of sp³-hybridized carbons (Fsp3) is 0.857. The lowest BCUT2D eigenvalue weighted by Gasteiger charge is -2.20. The topological polar surface area (TPSA) is 46.5 Å². The molecular weight excluding hydrogens is 132 g/mol. The van der Waals surface area contributed by atoms with E-state index in [0.717, 1.165) is 0 Å². The summed E-state index contributed by atoms with van der Waals surface area (Å²) >= 11 is 0. The van der Waals surface area contributed by atoms with Crippen molar-refractivity contribution in [1.29, 1.82) is 0 Å². The van der Waals surface area contributed by atoms with Gasteiger partial charge < -0.3 is 9.84 Å². The van der Waals surface area contributed by atoms with Crippen molar-refractivity contribution in [3.05, 3.63) is 0 Å². The third-order valence-corrected chi connectivity index (χ3v) is 1.92. The summed E-state index contributed by atoms with van der Waals surface area (Å²) in [4.78, 5) is 10.8. The zero-order chi connectivity index (χ0) is 7.94. The number of cyclic esters (lactones) is 1. The molecule has 1 saturated heterocycles. The number of ether oxygens (including phenoxy) is 1. The second kappa shape index (κ2) is 1.95. The lowest BCUT2D eigenvalue weighted by Crippen LogP contribution is -2.34. The Kier molecular flexibility index (Phi) is 1.47. The summed E-state index contributed by atoms with van der Waals surface area (Å²) in [5.74, 6) is -0.688. The van der Waals surface area contributed by atoms with Gasteiger partial charge in [0.25, 0.3) is 0 Å². The Hall–Kier alpha value is -0.570. The lowest BCUT2D eigenvalue weighted by molar-refractivity contribution is -0.149. The van der Waals surface area contributed by atoms with Crippen molar-refractivity contribution in [3.63, 3.8) is 0 Å². The van der Waals surface area contributed by atoms with Crippen molar-refractivity contribution in [2.24, 2.45) is 5.92 Å². The van der Waals surface area contributed by atoms with Gasteiger partial charge in [-0.05, 0) is 20.8 Å². The van der Waals surface area contributed by atoms with E-state index >= 15 is 0 Å². The Morgan fingerprint density at radius 1 is 1.60 bits per heavy atom. The molecule has 3 nitrogen and oxygen atoms in total. The SMILES string of the molecule is CC1C(=O)OC(C)(C)C1O. The standard InChI is InChI=1S/C7H12O3/c1-4-5(8)7(2,3)10-6(4)9/h4-5,8H,1-3H3. The van der Waals surface area contributed by atoms with Crippen LogP contribution in [-0.2, 0) is 9.53 Å². The lowest BCUT2D eigenvalue weighted by atomic mass is 9.95. The molecule has 0 spiro atoms. The van der Waals surface area contributed by atoms with E-state index < -0.39 is 11.7 Å². The van der Waals surface area contributed by atoms with Crippen molar-refractivity contribution in [2.45, 2.75) is 32.5 Å². The maximum absolute atomic E-state index is 10.8. The highest BCUT2D eigenvalue weighted by atomic mass is 16.6. The predicted molar refractivity (Wildman–Crippen MR) is 35.3 cm³/mol. The van der Waals surface area contributed by atoms with Gasteiger partial charge in [0.05, 0.1) is 5.92 Å². The Labute approximate surface area is 60.0 Å². The zero-order valence-electron chi connectivity index (χ0n) is 6.42.